The van der Waals surface area contributed by atoms with Gasteiger partial charge in [-0.25, -0.2) is 19.9 Å². The molecule has 7 heteroatoms. The highest BCUT2D eigenvalue weighted by Crippen LogP contribution is 2.35. The van der Waals surface area contributed by atoms with Crippen molar-refractivity contribution in [3.63, 3.8) is 0 Å². The lowest BCUT2D eigenvalue weighted by atomic mass is 9.75. The van der Waals surface area contributed by atoms with Gasteiger partial charge in [-0.1, -0.05) is 135 Å². The van der Waals surface area contributed by atoms with Gasteiger partial charge in [-0.05, 0) is 78.1 Å². The Kier molecular flexibility index (Phi) is 9.80. The summed E-state index contributed by atoms with van der Waals surface area (Å²) in [5.74, 6) is 1.91. The Balaban J connectivity index is 1.18. The molecule has 54 heavy (non-hydrogen) atoms. The van der Waals surface area contributed by atoms with Gasteiger partial charge in [-0.15, -0.1) is 11.3 Å². The van der Waals surface area contributed by atoms with Gasteiger partial charge in [-0.2, -0.15) is 0 Å². The predicted octanol–water partition coefficient (Wildman–Crippen LogP) is 11.4. The Morgan fingerprint density at radius 2 is 1.28 bits per heavy atom. The van der Waals surface area contributed by atoms with Crippen LogP contribution in [0.25, 0.3) is 78.4 Å². The molecule has 8 rings (SSSR count). The number of hydrogen-bond donors (Lipinski definition) is 0. The van der Waals surface area contributed by atoms with Gasteiger partial charge in [-0.3, -0.25) is 0 Å². The van der Waals surface area contributed by atoms with Crippen molar-refractivity contribution >= 4 is 52.2 Å². The minimum Gasteiger partial charge on any atom is -0.323 e. The molecular formula is C47H37BN5S. The lowest BCUT2D eigenvalue weighted by Crippen LogP contribution is -2.24. The first-order valence-electron chi connectivity index (χ1n) is 18.0. The van der Waals surface area contributed by atoms with Crippen LogP contribution in [0.4, 0.5) is 0 Å². The van der Waals surface area contributed by atoms with E-state index in [0.29, 0.717) is 17.5 Å². The molecule has 5 aromatic carbocycles. The van der Waals surface area contributed by atoms with Crippen molar-refractivity contribution in [2.24, 2.45) is 0 Å². The van der Waals surface area contributed by atoms with Crippen molar-refractivity contribution in [3.8, 4) is 50.4 Å². The third kappa shape index (κ3) is 6.89. The second-order valence-corrected chi connectivity index (χ2v) is 14.0. The van der Waals surface area contributed by atoms with Crippen LogP contribution in [0.1, 0.15) is 29.3 Å². The first-order valence-corrected chi connectivity index (χ1v) is 18.8. The minimum absolute atomic E-state index is 0.625. The van der Waals surface area contributed by atoms with E-state index in [4.69, 9.17) is 19.9 Å². The largest absolute Gasteiger partial charge is 0.323 e. The molecule has 0 aliphatic heterocycles. The Morgan fingerprint density at radius 1 is 0.667 bits per heavy atom. The van der Waals surface area contributed by atoms with Gasteiger partial charge in [0.2, 0.25) is 0 Å². The molecule has 8 aromatic rings. The van der Waals surface area contributed by atoms with E-state index in [2.05, 4.69) is 118 Å². The molecule has 0 spiro atoms. The first-order chi connectivity index (χ1) is 26.5. The lowest BCUT2D eigenvalue weighted by molar-refractivity contribution is 1.07. The zero-order valence-corrected chi connectivity index (χ0v) is 31.3. The van der Waals surface area contributed by atoms with Gasteiger partial charge in [0.25, 0.3) is 0 Å². The molecule has 0 amide bonds. The van der Waals surface area contributed by atoms with Crippen LogP contribution in [0.5, 0.6) is 0 Å². The minimum atomic E-state index is 0.625. The number of nitrogens with zero attached hydrogens (tertiary/aromatic N) is 5. The molecule has 0 saturated carbocycles. The van der Waals surface area contributed by atoms with E-state index in [0.717, 1.165) is 65.6 Å². The Hall–Kier alpha value is -6.44. The molecule has 0 saturated heterocycles. The van der Waals surface area contributed by atoms with Crippen molar-refractivity contribution in [1.82, 2.24) is 24.5 Å². The highest BCUT2D eigenvalue weighted by molar-refractivity contribution is 7.21. The molecule has 259 valence electrons. The Morgan fingerprint density at radius 3 is 1.91 bits per heavy atom. The summed E-state index contributed by atoms with van der Waals surface area (Å²) in [6, 6.07) is 45.3. The van der Waals surface area contributed by atoms with Crippen LogP contribution in [0.3, 0.4) is 0 Å². The molecule has 1 radical (unpaired) electrons. The smallest absolute Gasteiger partial charge is 0.172 e. The first kappa shape index (κ1) is 34.6. The van der Waals surface area contributed by atoms with E-state index < -0.39 is 0 Å². The fourth-order valence-electron chi connectivity index (χ4n) is 6.72. The number of rotatable bonds is 10. The SMILES string of the molecule is C=C(/C=C\c1c(C)c(/C=C\C)c([B]C)n1-c1cccc(-c2nc3ccc(-c4nc(-c5ccccc5)nc(-c5ccccc5)n4)cc3s2)c1)c1ccccc1. The molecule has 0 aliphatic rings. The molecular weight excluding hydrogens is 677 g/mol. The number of fused-ring (bicyclic) bond motifs is 1. The summed E-state index contributed by atoms with van der Waals surface area (Å²) in [5.41, 5.74) is 12.6. The number of hydrogen-bond acceptors (Lipinski definition) is 5. The maximum absolute atomic E-state index is 5.10. The zero-order valence-electron chi connectivity index (χ0n) is 30.4. The second-order valence-electron chi connectivity index (χ2n) is 12.9. The number of allylic oxidation sites excluding steroid dienone is 3. The van der Waals surface area contributed by atoms with Crippen molar-refractivity contribution in [2.45, 2.75) is 20.7 Å². The van der Waals surface area contributed by atoms with Gasteiger partial charge < -0.3 is 4.57 Å². The van der Waals surface area contributed by atoms with Crippen LogP contribution in [-0.2, 0) is 0 Å². The van der Waals surface area contributed by atoms with Crippen molar-refractivity contribution in [3.05, 3.63) is 175 Å². The fraction of sp³-hybridized carbons (Fsp3) is 0.0638. The quantitative estimate of drug-likeness (QED) is 0.105. The lowest BCUT2D eigenvalue weighted by Gasteiger charge is -2.13. The number of aromatic nitrogens is 5. The van der Waals surface area contributed by atoms with Crippen LogP contribution < -0.4 is 5.59 Å². The summed E-state index contributed by atoms with van der Waals surface area (Å²) in [4.78, 5) is 19.9. The Bertz CT molecular complexity index is 2620. The van der Waals surface area contributed by atoms with E-state index in [-0.39, 0.29) is 0 Å². The van der Waals surface area contributed by atoms with Gasteiger partial charge in [0, 0.05) is 33.6 Å². The van der Waals surface area contributed by atoms with Gasteiger partial charge in [0.05, 0.1) is 10.2 Å². The van der Waals surface area contributed by atoms with Crippen LogP contribution in [0, 0.1) is 6.92 Å². The van der Waals surface area contributed by atoms with Crippen molar-refractivity contribution in [2.75, 3.05) is 0 Å². The molecule has 0 bridgehead atoms. The summed E-state index contributed by atoms with van der Waals surface area (Å²) in [6.07, 6.45) is 8.59. The van der Waals surface area contributed by atoms with Crippen LogP contribution in [-0.4, -0.2) is 31.8 Å². The molecule has 3 aromatic heterocycles. The number of thiazole rings is 1. The van der Waals surface area contributed by atoms with Gasteiger partial charge in [0.15, 0.2) is 24.8 Å². The highest BCUT2D eigenvalue weighted by Gasteiger charge is 2.19. The van der Waals surface area contributed by atoms with Crippen LogP contribution in [0.15, 0.2) is 152 Å². The third-order valence-corrected chi connectivity index (χ3v) is 10.5. The van der Waals surface area contributed by atoms with E-state index in [1.165, 1.54) is 11.1 Å². The predicted molar refractivity (Wildman–Crippen MR) is 229 cm³/mol. The third-order valence-electron chi connectivity index (χ3n) is 9.44. The van der Waals surface area contributed by atoms with Gasteiger partial charge >= 0.3 is 0 Å². The van der Waals surface area contributed by atoms with Crippen LogP contribution >= 0.6 is 11.3 Å². The van der Waals surface area contributed by atoms with Gasteiger partial charge in [0.1, 0.15) is 5.01 Å². The normalized spacial score (nSPS) is 11.5. The molecule has 0 fully saturated rings. The fourth-order valence-corrected chi connectivity index (χ4v) is 7.72. The van der Waals surface area contributed by atoms with Crippen molar-refractivity contribution < 1.29 is 0 Å². The van der Waals surface area contributed by atoms with E-state index in [1.807, 2.05) is 78.9 Å². The standard InChI is InChI=1S/C47H37BN5S/c1-5-16-39-32(3)41(28-25-31(2)33-17-9-6-10-18-33)53(43(39)48-4)38-24-15-23-37(29-38)47-49-40-27-26-36(30-42(40)54-47)46-51-44(34-19-11-7-12-20-34)50-45(52-46)35-21-13-8-14-22-35/h5-30H,2H2,1,3-4H3/b16-5-,28-25-. The highest BCUT2D eigenvalue weighted by atomic mass is 32.1. The van der Waals surface area contributed by atoms with Crippen LogP contribution in [0.2, 0.25) is 6.82 Å². The molecule has 5 nitrogen and oxygen atoms in total. The summed E-state index contributed by atoms with van der Waals surface area (Å²) in [5, 5.41) is 0.948. The molecule has 0 N–H and O–H groups in total. The summed E-state index contributed by atoms with van der Waals surface area (Å²) >= 11 is 1.67. The molecule has 0 atom stereocenters. The average molecular weight is 715 g/mol. The second kappa shape index (κ2) is 15.3. The van der Waals surface area contributed by atoms with E-state index in [1.54, 1.807) is 11.3 Å². The topological polar surface area (TPSA) is 56.5 Å². The van der Waals surface area contributed by atoms with E-state index in [9.17, 15) is 0 Å². The molecule has 3 heterocycles. The summed E-state index contributed by atoms with van der Waals surface area (Å²) in [6.45, 7) is 10.7. The van der Waals surface area contributed by atoms with Crippen molar-refractivity contribution in [1.29, 1.82) is 0 Å². The monoisotopic (exact) mass is 714 g/mol. The number of benzene rings is 5. The average Bonchev–Trinajstić information content (AvgIpc) is 3.78. The molecule has 0 aliphatic carbocycles. The maximum atomic E-state index is 5.10. The van der Waals surface area contributed by atoms with E-state index >= 15 is 0 Å². The maximum Gasteiger partial charge on any atom is 0.172 e. The summed E-state index contributed by atoms with van der Waals surface area (Å²) < 4.78 is 3.40. The zero-order chi connectivity index (χ0) is 37.0. The Labute approximate surface area is 321 Å². The molecule has 0 unspecified atom stereocenters. The summed E-state index contributed by atoms with van der Waals surface area (Å²) in [7, 11) is 2.19.